The van der Waals surface area contributed by atoms with Gasteiger partial charge in [0, 0.05) is 5.56 Å². The Labute approximate surface area is 171 Å². The van der Waals surface area contributed by atoms with Gasteiger partial charge in [-0.3, -0.25) is 9.36 Å². The number of rotatable bonds is 4. The smallest absolute Gasteiger partial charge is 0.256 e. The number of fused-ring (bicyclic) bond motifs is 2. The van der Waals surface area contributed by atoms with Crippen LogP contribution in [-0.2, 0) is 14.2 Å². The first-order chi connectivity index (χ1) is 14.5. The molecule has 0 radical (unpaired) electrons. The predicted molar refractivity (Wildman–Crippen MR) is 105 cm³/mol. The number of hydrogen-bond acceptors (Lipinski definition) is 8. The molecule has 0 unspecified atom stereocenters. The summed E-state index contributed by atoms with van der Waals surface area (Å²) in [6, 6.07) is 8.84. The zero-order chi connectivity index (χ0) is 20.9. The highest BCUT2D eigenvalue weighted by atomic mass is 16.8. The van der Waals surface area contributed by atoms with Crippen molar-refractivity contribution >= 4 is 22.9 Å². The lowest BCUT2D eigenvalue weighted by Crippen LogP contribution is -2.31. The maximum atomic E-state index is 12.5. The number of carbonyl (C=O) groups excluding carboxylic acids is 1. The average molecular weight is 411 g/mol. The molecule has 2 fully saturated rings. The second-order valence-corrected chi connectivity index (χ2v) is 7.68. The summed E-state index contributed by atoms with van der Waals surface area (Å²) in [4.78, 5) is 25.4. The number of imidazole rings is 1. The maximum absolute atomic E-state index is 12.5. The summed E-state index contributed by atoms with van der Waals surface area (Å²) >= 11 is 0. The molecule has 0 aliphatic carbocycles. The van der Waals surface area contributed by atoms with Crippen molar-refractivity contribution in [3.63, 3.8) is 0 Å². The molecule has 156 valence electrons. The van der Waals surface area contributed by atoms with E-state index in [0.29, 0.717) is 22.5 Å². The van der Waals surface area contributed by atoms with Crippen LogP contribution in [0.1, 0.15) is 30.4 Å². The number of aliphatic hydroxyl groups excluding tert-OH is 1. The van der Waals surface area contributed by atoms with E-state index in [9.17, 15) is 9.90 Å². The molecule has 2 saturated heterocycles. The van der Waals surface area contributed by atoms with Crippen LogP contribution in [0, 0.1) is 0 Å². The second kappa shape index (κ2) is 7.10. The van der Waals surface area contributed by atoms with Crippen LogP contribution in [0.5, 0.6) is 0 Å². The summed E-state index contributed by atoms with van der Waals surface area (Å²) in [7, 11) is 0. The maximum Gasteiger partial charge on any atom is 0.256 e. The minimum Gasteiger partial charge on any atom is -0.394 e. The summed E-state index contributed by atoms with van der Waals surface area (Å²) < 4.78 is 19.6. The van der Waals surface area contributed by atoms with Crippen LogP contribution < -0.4 is 5.32 Å². The van der Waals surface area contributed by atoms with Crippen molar-refractivity contribution in [1.29, 1.82) is 0 Å². The largest absolute Gasteiger partial charge is 0.394 e. The normalized spacial score (nSPS) is 27.3. The van der Waals surface area contributed by atoms with Gasteiger partial charge < -0.3 is 24.6 Å². The van der Waals surface area contributed by atoms with Crippen molar-refractivity contribution in [2.75, 3.05) is 11.9 Å². The molecular weight excluding hydrogens is 390 g/mol. The zero-order valence-electron chi connectivity index (χ0n) is 16.4. The van der Waals surface area contributed by atoms with Crippen molar-refractivity contribution in [2.24, 2.45) is 0 Å². The monoisotopic (exact) mass is 411 g/mol. The lowest BCUT2D eigenvalue weighted by molar-refractivity contribution is -0.199. The number of aliphatic hydroxyl groups is 1. The van der Waals surface area contributed by atoms with E-state index in [2.05, 4.69) is 20.3 Å². The number of hydrogen-bond donors (Lipinski definition) is 2. The van der Waals surface area contributed by atoms with Crippen LogP contribution in [0.15, 0.2) is 43.0 Å². The van der Waals surface area contributed by atoms with Crippen molar-refractivity contribution in [2.45, 2.75) is 44.2 Å². The third kappa shape index (κ3) is 3.14. The van der Waals surface area contributed by atoms with E-state index in [-0.39, 0.29) is 12.5 Å². The van der Waals surface area contributed by atoms with E-state index >= 15 is 0 Å². The summed E-state index contributed by atoms with van der Waals surface area (Å²) in [6.07, 6.45) is 0.948. The molecule has 2 aliphatic rings. The van der Waals surface area contributed by atoms with Gasteiger partial charge in [0.2, 0.25) is 0 Å². The van der Waals surface area contributed by atoms with Crippen LogP contribution in [0.2, 0.25) is 0 Å². The minimum absolute atomic E-state index is 0.197. The van der Waals surface area contributed by atoms with Crippen molar-refractivity contribution < 1.29 is 24.1 Å². The molecule has 2 N–H and O–H groups in total. The van der Waals surface area contributed by atoms with E-state index in [1.807, 2.05) is 19.9 Å². The number of benzene rings is 1. The number of anilines is 1. The van der Waals surface area contributed by atoms with E-state index in [1.165, 1.54) is 6.33 Å². The Hall–Kier alpha value is -2.92. The van der Waals surface area contributed by atoms with Crippen LogP contribution in [0.4, 0.5) is 5.82 Å². The van der Waals surface area contributed by atoms with Crippen LogP contribution >= 0.6 is 0 Å². The van der Waals surface area contributed by atoms with Gasteiger partial charge in [-0.05, 0) is 26.0 Å². The first-order valence-corrected chi connectivity index (χ1v) is 9.63. The fourth-order valence-electron chi connectivity index (χ4n) is 3.93. The molecule has 2 aromatic heterocycles. The number of ether oxygens (including phenoxy) is 3. The van der Waals surface area contributed by atoms with Gasteiger partial charge in [-0.1, -0.05) is 18.2 Å². The number of nitrogens with one attached hydrogen (secondary N) is 1. The molecule has 4 atom stereocenters. The number of carbonyl (C=O) groups is 1. The summed E-state index contributed by atoms with van der Waals surface area (Å²) in [5, 5.41) is 12.5. The molecule has 0 bridgehead atoms. The molecule has 30 heavy (non-hydrogen) atoms. The van der Waals surface area contributed by atoms with Crippen molar-refractivity contribution in [3.05, 3.63) is 48.5 Å². The molecule has 2 aliphatic heterocycles. The van der Waals surface area contributed by atoms with Gasteiger partial charge in [0.1, 0.15) is 24.6 Å². The fourth-order valence-corrected chi connectivity index (χ4v) is 3.93. The van der Waals surface area contributed by atoms with E-state index in [0.717, 1.165) is 0 Å². The Bertz CT molecular complexity index is 1090. The van der Waals surface area contributed by atoms with Crippen LogP contribution in [0.3, 0.4) is 0 Å². The third-order valence-electron chi connectivity index (χ3n) is 5.21. The van der Waals surface area contributed by atoms with E-state index in [1.54, 1.807) is 35.2 Å². The molecule has 10 nitrogen and oxygen atoms in total. The third-order valence-corrected chi connectivity index (χ3v) is 5.21. The Morgan fingerprint density at radius 2 is 1.93 bits per heavy atom. The van der Waals surface area contributed by atoms with Gasteiger partial charge in [0.25, 0.3) is 5.91 Å². The quantitative estimate of drug-likeness (QED) is 0.662. The molecule has 10 heteroatoms. The van der Waals surface area contributed by atoms with E-state index in [4.69, 9.17) is 14.2 Å². The fraction of sp³-hybridized carbons (Fsp3) is 0.400. The highest BCUT2D eigenvalue weighted by Crippen LogP contribution is 2.43. The number of nitrogens with zero attached hydrogens (tertiary/aromatic N) is 4. The number of aromatic nitrogens is 4. The number of amides is 1. The Balaban J connectivity index is 1.47. The zero-order valence-corrected chi connectivity index (χ0v) is 16.4. The second-order valence-electron chi connectivity index (χ2n) is 7.68. The van der Waals surface area contributed by atoms with Gasteiger partial charge in [-0.2, -0.15) is 0 Å². The average Bonchev–Trinajstić information content (AvgIpc) is 3.39. The first-order valence-electron chi connectivity index (χ1n) is 9.63. The van der Waals surface area contributed by atoms with Gasteiger partial charge in [0.15, 0.2) is 29.0 Å². The molecule has 4 heterocycles. The lowest BCUT2D eigenvalue weighted by atomic mass is 10.1. The van der Waals surface area contributed by atoms with Gasteiger partial charge in [-0.15, -0.1) is 0 Å². The summed E-state index contributed by atoms with van der Waals surface area (Å²) in [5.74, 6) is -0.785. The highest BCUT2D eigenvalue weighted by molar-refractivity contribution is 6.06. The van der Waals surface area contributed by atoms with Gasteiger partial charge in [0.05, 0.1) is 12.9 Å². The SMILES string of the molecule is CC1(C)O[C@H]2[C@H](O1)[C@@H](CO)O[C@H]2n1cnc2c(NC(=O)c3ccccc3)ncnc21. The van der Waals surface area contributed by atoms with Crippen molar-refractivity contribution in [3.8, 4) is 0 Å². The van der Waals surface area contributed by atoms with Crippen LogP contribution in [0.25, 0.3) is 11.2 Å². The van der Waals surface area contributed by atoms with Crippen LogP contribution in [-0.4, -0.2) is 61.2 Å². The molecule has 0 saturated carbocycles. The Morgan fingerprint density at radius 3 is 2.70 bits per heavy atom. The topological polar surface area (TPSA) is 121 Å². The van der Waals surface area contributed by atoms with Gasteiger partial charge in [-0.25, -0.2) is 15.0 Å². The Kier molecular flexibility index (Phi) is 4.51. The molecule has 1 amide bonds. The predicted octanol–water partition coefficient (Wildman–Crippen LogP) is 1.49. The highest BCUT2D eigenvalue weighted by Gasteiger charge is 2.56. The van der Waals surface area contributed by atoms with E-state index < -0.39 is 30.3 Å². The minimum atomic E-state index is -0.787. The molecule has 1 aromatic carbocycles. The summed E-state index contributed by atoms with van der Waals surface area (Å²) in [5.41, 5.74) is 1.41. The Morgan fingerprint density at radius 1 is 1.17 bits per heavy atom. The lowest BCUT2D eigenvalue weighted by Gasteiger charge is -2.24. The molecular formula is C20H21N5O5. The van der Waals surface area contributed by atoms with Gasteiger partial charge >= 0.3 is 0 Å². The summed E-state index contributed by atoms with van der Waals surface area (Å²) in [6.45, 7) is 3.45. The first kappa shape index (κ1) is 19.1. The standard InChI is InChI=1S/C20H21N5O5/c1-20(2)29-14-12(8-26)28-19(15(14)30-20)25-10-23-13-16(21-9-22-17(13)25)24-18(27)11-6-4-3-5-7-11/h3-7,9-10,12,14-15,19,26H,8H2,1-2H3,(H,21,22,24,27)/t12-,14-,15+,19-/m1/s1. The molecule has 5 rings (SSSR count). The molecule has 0 spiro atoms. The molecule has 3 aromatic rings. The van der Waals surface area contributed by atoms with Crippen molar-refractivity contribution in [1.82, 2.24) is 19.5 Å².